The van der Waals surface area contributed by atoms with Crippen molar-refractivity contribution in [3.05, 3.63) is 34.9 Å². The fraction of sp³-hybridized carbons (Fsp3) is 0.650. The lowest BCUT2D eigenvalue weighted by molar-refractivity contribution is -0.124. The van der Waals surface area contributed by atoms with E-state index in [2.05, 4.69) is 32.0 Å². The summed E-state index contributed by atoms with van der Waals surface area (Å²) in [5.41, 5.74) is 3.77. The topological polar surface area (TPSA) is 17.1 Å². The minimum Gasteiger partial charge on any atom is -0.299 e. The molecule has 2 saturated carbocycles. The lowest BCUT2D eigenvalue weighted by Gasteiger charge is -2.38. The molecular formula is C20H28O. The summed E-state index contributed by atoms with van der Waals surface area (Å²) in [4.78, 5) is 12.7. The maximum atomic E-state index is 12.7. The van der Waals surface area contributed by atoms with E-state index in [-0.39, 0.29) is 0 Å². The van der Waals surface area contributed by atoms with Crippen molar-refractivity contribution in [3.8, 4) is 0 Å². The van der Waals surface area contributed by atoms with Gasteiger partial charge in [0.2, 0.25) is 0 Å². The standard InChI is InChI=1S/C20H28O/c1-14-7-8-15(2)19(11-14)13-20(21)18-10-9-16-5-3-4-6-17(16)12-18/h7-8,11,16-18H,3-6,9-10,12-13H2,1-2H3. The molecule has 0 aromatic heterocycles. The van der Waals surface area contributed by atoms with E-state index in [0.29, 0.717) is 18.1 Å². The molecule has 0 bridgehead atoms. The highest BCUT2D eigenvalue weighted by molar-refractivity contribution is 5.83. The Hall–Kier alpha value is -1.11. The molecule has 2 aliphatic rings. The first kappa shape index (κ1) is 14.8. The van der Waals surface area contributed by atoms with Gasteiger partial charge in [-0.05, 0) is 56.1 Å². The minimum atomic E-state index is 0.337. The first-order chi connectivity index (χ1) is 10.1. The van der Waals surface area contributed by atoms with Gasteiger partial charge < -0.3 is 0 Å². The first-order valence-electron chi connectivity index (χ1n) is 8.72. The molecule has 3 unspecified atom stereocenters. The molecule has 114 valence electrons. The molecule has 21 heavy (non-hydrogen) atoms. The van der Waals surface area contributed by atoms with E-state index in [9.17, 15) is 4.79 Å². The second-order valence-corrected chi connectivity index (χ2v) is 7.39. The molecule has 0 N–H and O–H groups in total. The minimum absolute atomic E-state index is 0.337. The van der Waals surface area contributed by atoms with Crippen LogP contribution in [-0.2, 0) is 11.2 Å². The Morgan fingerprint density at radius 2 is 1.81 bits per heavy atom. The number of aryl methyl sites for hydroxylation is 2. The summed E-state index contributed by atoms with van der Waals surface area (Å²) in [5, 5.41) is 0. The Balaban J connectivity index is 1.64. The van der Waals surface area contributed by atoms with E-state index in [1.54, 1.807) is 0 Å². The number of ketones is 1. The summed E-state index contributed by atoms with van der Waals surface area (Å²) in [7, 11) is 0. The summed E-state index contributed by atoms with van der Waals surface area (Å²) in [5.74, 6) is 2.61. The van der Waals surface area contributed by atoms with Gasteiger partial charge in [0, 0.05) is 12.3 Å². The van der Waals surface area contributed by atoms with Crippen LogP contribution in [0.3, 0.4) is 0 Å². The number of hydrogen-bond donors (Lipinski definition) is 0. The van der Waals surface area contributed by atoms with Gasteiger partial charge in [-0.1, -0.05) is 49.4 Å². The van der Waals surface area contributed by atoms with Gasteiger partial charge in [0.15, 0.2) is 0 Å². The summed E-state index contributed by atoms with van der Waals surface area (Å²) >= 11 is 0. The number of benzene rings is 1. The molecule has 1 aromatic carbocycles. The first-order valence-corrected chi connectivity index (χ1v) is 8.72. The van der Waals surface area contributed by atoms with Crippen LogP contribution < -0.4 is 0 Å². The Bertz CT molecular complexity index is 517. The monoisotopic (exact) mass is 284 g/mol. The number of carbonyl (C=O) groups excluding carboxylic acids is 1. The van der Waals surface area contributed by atoms with Crippen molar-refractivity contribution in [2.75, 3.05) is 0 Å². The van der Waals surface area contributed by atoms with Gasteiger partial charge in [-0.25, -0.2) is 0 Å². The third-order valence-electron chi connectivity index (χ3n) is 5.86. The van der Waals surface area contributed by atoms with Gasteiger partial charge in [-0.3, -0.25) is 4.79 Å². The molecule has 3 rings (SSSR count). The average molecular weight is 284 g/mol. The fourth-order valence-electron chi connectivity index (χ4n) is 4.49. The van der Waals surface area contributed by atoms with Crippen LogP contribution in [0, 0.1) is 31.6 Å². The van der Waals surface area contributed by atoms with Crippen LogP contribution in [0.15, 0.2) is 18.2 Å². The van der Waals surface area contributed by atoms with Crippen molar-refractivity contribution in [2.45, 2.75) is 65.2 Å². The third-order valence-corrected chi connectivity index (χ3v) is 5.86. The predicted octanol–water partition coefficient (Wildman–Crippen LogP) is 5.02. The van der Waals surface area contributed by atoms with Crippen molar-refractivity contribution in [3.63, 3.8) is 0 Å². The normalized spacial score (nSPS) is 29.0. The molecule has 2 aliphatic carbocycles. The van der Waals surface area contributed by atoms with Crippen molar-refractivity contribution < 1.29 is 4.79 Å². The number of Topliss-reactive ketones (excluding diaryl/α,β-unsaturated/α-hetero) is 1. The molecule has 0 amide bonds. The van der Waals surface area contributed by atoms with Gasteiger partial charge in [0.05, 0.1) is 0 Å². The van der Waals surface area contributed by atoms with Crippen LogP contribution in [0.4, 0.5) is 0 Å². The van der Waals surface area contributed by atoms with E-state index in [1.807, 2.05) is 0 Å². The molecule has 3 atom stereocenters. The van der Waals surface area contributed by atoms with Gasteiger partial charge >= 0.3 is 0 Å². The lowest BCUT2D eigenvalue weighted by atomic mass is 9.66. The number of fused-ring (bicyclic) bond motifs is 1. The highest BCUT2D eigenvalue weighted by Gasteiger charge is 2.34. The van der Waals surface area contributed by atoms with Gasteiger partial charge in [-0.15, -0.1) is 0 Å². The van der Waals surface area contributed by atoms with Crippen molar-refractivity contribution in [1.29, 1.82) is 0 Å². The second-order valence-electron chi connectivity index (χ2n) is 7.39. The molecule has 1 heteroatoms. The molecule has 0 saturated heterocycles. The molecule has 0 radical (unpaired) electrons. The third kappa shape index (κ3) is 3.39. The number of carbonyl (C=O) groups is 1. The number of rotatable bonds is 3. The van der Waals surface area contributed by atoms with Gasteiger partial charge in [-0.2, -0.15) is 0 Å². The zero-order valence-electron chi connectivity index (χ0n) is 13.5. The predicted molar refractivity (Wildman–Crippen MR) is 87.4 cm³/mol. The molecular weight excluding hydrogens is 256 g/mol. The van der Waals surface area contributed by atoms with Crippen molar-refractivity contribution >= 4 is 5.78 Å². The van der Waals surface area contributed by atoms with Gasteiger partial charge in [0.25, 0.3) is 0 Å². The quantitative estimate of drug-likeness (QED) is 0.761. The zero-order chi connectivity index (χ0) is 14.8. The Labute approximate surface area is 129 Å². The molecule has 2 fully saturated rings. The van der Waals surface area contributed by atoms with E-state index in [4.69, 9.17) is 0 Å². The summed E-state index contributed by atoms with van der Waals surface area (Å²) in [6, 6.07) is 6.48. The molecule has 1 nitrogen and oxygen atoms in total. The highest BCUT2D eigenvalue weighted by Crippen LogP contribution is 2.43. The summed E-state index contributed by atoms with van der Waals surface area (Å²) < 4.78 is 0. The van der Waals surface area contributed by atoms with Crippen LogP contribution >= 0.6 is 0 Å². The summed E-state index contributed by atoms with van der Waals surface area (Å²) in [6.45, 7) is 4.24. The Morgan fingerprint density at radius 1 is 1.05 bits per heavy atom. The van der Waals surface area contributed by atoms with Crippen molar-refractivity contribution in [1.82, 2.24) is 0 Å². The largest absolute Gasteiger partial charge is 0.299 e. The maximum Gasteiger partial charge on any atom is 0.140 e. The van der Waals surface area contributed by atoms with E-state index < -0.39 is 0 Å². The maximum absolute atomic E-state index is 12.7. The zero-order valence-corrected chi connectivity index (χ0v) is 13.5. The van der Waals surface area contributed by atoms with E-state index >= 15 is 0 Å². The van der Waals surface area contributed by atoms with Crippen LogP contribution in [0.1, 0.15) is 61.6 Å². The van der Waals surface area contributed by atoms with Crippen molar-refractivity contribution in [2.24, 2.45) is 17.8 Å². The Morgan fingerprint density at radius 3 is 2.62 bits per heavy atom. The lowest BCUT2D eigenvalue weighted by Crippen LogP contribution is -2.31. The van der Waals surface area contributed by atoms with E-state index in [1.165, 1.54) is 55.2 Å². The molecule has 0 heterocycles. The second kappa shape index (κ2) is 6.34. The van der Waals surface area contributed by atoms with Crippen LogP contribution in [-0.4, -0.2) is 5.78 Å². The van der Waals surface area contributed by atoms with Crippen LogP contribution in [0.25, 0.3) is 0 Å². The number of hydrogen-bond acceptors (Lipinski definition) is 1. The Kier molecular flexibility index (Phi) is 4.47. The fourth-order valence-corrected chi connectivity index (χ4v) is 4.49. The van der Waals surface area contributed by atoms with Crippen LogP contribution in [0.2, 0.25) is 0 Å². The smallest absolute Gasteiger partial charge is 0.140 e. The van der Waals surface area contributed by atoms with E-state index in [0.717, 1.165) is 18.3 Å². The molecule has 0 spiro atoms. The average Bonchev–Trinajstić information content (AvgIpc) is 2.50. The van der Waals surface area contributed by atoms with Gasteiger partial charge in [0.1, 0.15) is 5.78 Å². The highest BCUT2D eigenvalue weighted by atomic mass is 16.1. The van der Waals surface area contributed by atoms with Crippen LogP contribution in [0.5, 0.6) is 0 Å². The molecule has 0 aliphatic heterocycles. The molecule has 1 aromatic rings. The summed E-state index contributed by atoms with van der Waals surface area (Å²) in [6.07, 6.45) is 9.87. The SMILES string of the molecule is Cc1ccc(C)c(CC(=O)C2CCC3CCCCC3C2)c1.